The van der Waals surface area contributed by atoms with Crippen LogP contribution in [0.3, 0.4) is 0 Å². The Labute approximate surface area is 154 Å². The fraction of sp³-hybridized carbons (Fsp3) is 0.333. The number of carbonyl (C=O) groups is 1. The van der Waals surface area contributed by atoms with Gasteiger partial charge >= 0.3 is 0 Å². The predicted molar refractivity (Wildman–Crippen MR) is 100 cm³/mol. The first kappa shape index (κ1) is 19.3. The summed E-state index contributed by atoms with van der Waals surface area (Å²) >= 11 is 0. The van der Waals surface area contributed by atoms with Crippen LogP contribution in [-0.4, -0.2) is 31.1 Å². The summed E-state index contributed by atoms with van der Waals surface area (Å²) in [4.78, 5) is 14.0. The van der Waals surface area contributed by atoms with Crippen molar-refractivity contribution < 1.29 is 14.3 Å². The SMILES string of the molecule is CCOc1cc(C#N)ccc1OCC(=O)N(C)Cc1ccc(C)cc1C. The highest BCUT2D eigenvalue weighted by atomic mass is 16.5. The van der Waals surface area contributed by atoms with E-state index in [1.54, 1.807) is 30.1 Å². The summed E-state index contributed by atoms with van der Waals surface area (Å²) in [6, 6.07) is 13.2. The van der Waals surface area contributed by atoms with Crippen molar-refractivity contribution in [2.75, 3.05) is 20.3 Å². The van der Waals surface area contributed by atoms with Crippen LogP contribution in [0.2, 0.25) is 0 Å². The van der Waals surface area contributed by atoms with E-state index in [9.17, 15) is 4.79 Å². The van der Waals surface area contributed by atoms with Crippen LogP contribution in [0.15, 0.2) is 36.4 Å². The first-order chi connectivity index (χ1) is 12.4. The van der Waals surface area contributed by atoms with Gasteiger partial charge in [-0.2, -0.15) is 5.26 Å². The zero-order chi connectivity index (χ0) is 19.1. The number of carbonyl (C=O) groups excluding carboxylic acids is 1. The molecule has 0 unspecified atom stereocenters. The number of ether oxygens (including phenoxy) is 2. The summed E-state index contributed by atoms with van der Waals surface area (Å²) in [5, 5.41) is 8.98. The van der Waals surface area contributed by atoms with Gasteiger partial charge in [-0.05, 0) is 44.0 Å². The van der Waals surface area contributed by atoms with Crippen LogP contribution in [0.4, 0.5) is 0 Å². The Balaban J connectivity index is 2.00. The van der Waals surface area contributed by atoms with Crippen LogP contribution in [-0.2, 0) is 11.3 Å². The lowest BCUT2D eigenvalue weighted by Crippen LogP contribution is -2.31. The van der Waals surface area contributed by atoms with Gasteiger partial charge in [-0.3, -0.25) is 4.79 Å². The van der Waals surface area contributed by atoms with E-state index in [0.717, 1.165) is 11.1 Å². The molecule has 0 N–H and O–H groups in total. The minimum Gasteiger partial charge on any atom is -0.490 e. The summed E-state index contributed by atoms with van der Waals surface area (Å²) in [6.45, 7) is 6.83. The third-order valence-electron chi connectivity index (χ3n) is 4.06. The third kappa shape index (κ3) is 5.00. The van der Waals surface area contributed by atoms with E-state index in [2.05, 4.69) is 12.1 Å². The number of aryl methyl sites for hydroxylation is 2. The van der Waals surface area contributed by atoms with Crippen molar-refractivity contribution >= 4 is 5.91 Å². The minimum absolute atomic E-state index is 0.0899. The standard InChI is InChI=1S/C21H24N2O3/c1-5-25-20-11-17(12-22)7-9-19(20)26-14-21(24)23(4)13-18-8-6-15(2)10-16(18)3/h6-11H,5,13-14H2,1-4H3. The first-order valence-corrected chi connectivity index (χ1v) is 8.54. The molecule has 0 spiro atoms. The molecule has 136 valence electrons. The molecule has 0 aliphatic carbocycles. The van der Waals surface area contributed by atoms with E-state index in [0.29, 0.717) is 30.2 Å². The van der Waals surface area contributed by atoms with E-state index < -0.39 is 0 Å². The molecule has 0 saturated heterocycles. The van der Waals surface area contributed by atoms with E-state index >= 15 is 0 Å². The highest BCUT2D eigenvalue weighted by molar-refractivity contribution is 5.77. The topological polar surface area (TPSA) is 62.6 Å². The lowest BCUT2D eigenvalue weighted by atomic mass is 10.1. The molecule has 0 fully saturated rings. The number of benzene rings is 2. The Morgan fingerprint density at radius 3 is 2.54 bits per heavy atom. The fourth-order valence-electron chi connectivity index (χ4n) is 2.58. The predicted octanol–water partition coefficient (Wildman–Crippen LogP) is 3.61. The number of hydrogen-bond acceptors (Lipinski definition) is 4. The number of rotatable bonds is 7. The molecule has 2 rings (SSSR count). The highest BCUT2D eigenvalue weighted by Crippen LogP contribution is 2.28. The molecule has 0 aliphatic rings. The molecule has 0 aliphatic heterocycles. The van der Waals surface area contributed by atoms with E-state index in [-0.39, 0.29) is 12.5 Å². The van der Waals surface area contributed by atoms with Crippen LogP contribution in [0.25, 0.3) is 0 Å². The molecule has 0 bridgehead atoms. The van der Waals surface area contributed by atoms with Crippen molar-refractivity contribution in [3.05, 3.63) is 58.7 Å². The normalized spacial score (nSPS) is 10.1. The number of amides is 1. The van der Waals surface area contributed by atoms with Crippen LogP contribution in [0.5, 0.6) is 11.5 Å². The van der Waals surface area contributed by atoms with Gasteiger partial charge in [-0.1, -0.05) is 23.8 Å². The summed E-state index contributed by atoms with van der Waals surface area (Å²) in [5.41, 5.74) is 3.96. The maximum atomic E-state index is 12.4. The molecular formula is C21H24N2O3. The monoisotopic (exact) mass is 352 g/mol. The van der Waals surface area contributed by atoms with E-state index in [4.69, 9.17) is 14.7 Å². The van der Waals surface area contributed by atoms with E-state index in [1.165, 1.54) is 5.56 Å². The Hall–Kier alpha value is -3.00. The molecule has 2 aromatic carbocycles. The van der Waals surface area contributed by atoms with Gasteiger partial charge in [0.15, 0.2) is 18.1 Å². The second kappa shape index (κ2) is 8.91. The number of nitrogens with zero attached hydrogens (tertiary/aromatic N) is 2. The van der Waals surface area contributed by atoms with Crippen molar-refractivity contribution in [1.29, 1.82) is 5.26 Å². The molecule has 0 saturated carbocycles. The highest BCUT2D eigenvalue weighted by Gasteiger charge is 2.14. The molecule has 5 heteroatoms. The van der Waals surface area contributed by atoms with Crippen molar-refractivity contribution in [2.24, 2.45) is 0 Å². The number of hydrogen-bond donors (Lipinski definition) is 0. The quantitative estimate of drug-likeness (QED) is 0.764. The largest absolute Gasteiger partial charge is 0.490 e. The number of nitriles is 1. The number of likely N-dealkylation sites (N-methyl/N-ethyl adjacent to an activating group) is 1. The van der Waals surface area contributed by atoms with Crippen molar-refractivity contribution in [1.82, 2.24) is 4.90 Å². The maximum Gasteiger partial charge on any atom is 0.260 e. The zero-order valence-electron chi connectivity index (χ0n) is 15.7. The summed E-state index contributed by atoms with van der Waals surface area (Å²) < 4.78 is 11.1. The molecule has 5 nitrogen and oxygen atoms in total. The molecule has 0 aromatic heterocycles. The summed E-state index contributed by atoms with van der Waals surface area (Å²) in [5.74, 6) is 0.798. The first-order valence-electron chi connectivity index (χ1n) is 8.54. The average molecular weight is 352 g/mol. The van der Waals surface area contributed by atoms with E-state index in [1.807, 2.05) is 32.9 Å². The van der Waals surface area contributed by atoms with Gasteiger partial charge in [-0.25, -0.2) is 0 Å². The second-order valence-electron chi connectivity index (χ2n) is 6.17. The Kier molecular flexibility index (Phi) is 6.62. The van der Waals surface area contributed by atoms with Gasteiger partial charge in [0, 0.05) is 19.7 Å². The van der Waals surface area contributed by atoms with Crippen molar-refractivity contribution in [3.63, 3.8) is 0 Å². The van der Waals surface area contributed by atoms with Gasteiger partial charge in [0.05, 0.1) is 18.2 Å². The van der Waals surface area contributed by atoms with Crippen LogP contribution in [0.1, 0.15) is 29.2 Å². The average Bonchev–Trinajstić information content (AvgIpc) is 2.62. The molecule has 2 aromatic rings. The smallest absolute Gasteiger partial charge is 0.260 e. The summed E-state index contributed by atoms with van der Waals surface area (Å²) in [7, 11) is 1.76. The van der Waals surface area contributed by atoms with Crippen LogP contribution >= 0.6 is 0 Å². The molecular weight excluding hydrogens is 328 g/mol. The van der Waals surface area contributed by atoms with Crippen LogP contribution in [0, 0.1) is 25.2 Å². The van der Waals surface area contributed by atoms with Gasteiger partial charge < -0.3 is 14.4 Å². The zero-order valence-corrected chi connectivity index (χ0v) is 15.7. The fourth-order valence-corrected chi connectivity index (χ4v) is 2.58. The molecule has 0 heterocycles. The van der Waals surface area contributed by atoms with Crippen molar-refractivity contribution in [2.45, 2.75) is 27.3 Å². The Morgan fingerprint density at radius 1 is 1.12 bits per heavy atom. The van der Waals surface area contributed by atoms with Gasteiger partial charge in [0.25, 0.3) is 5.91 Å². The van der Waals surface area contributed by atoms with Crippen LogP contribution < -0.4 is 9.47 Å². The molecule has 0 radical (unpaired) electrons. The Bertz CT molecular complexity index is 824. The maximum absolute atomic E-state index is 12.4. The van der Waals surface area contributed by atoms with Gasteiger partial charge in [-0.15, -0.1) is 0 Å². The van der Waals surface area contributed by atoms with Gasteiger partial charge in [0.2, 0.25) is 0 Å². The minimum atomic E-state index is -0.128. The Morgan fingerprint density at radius 2 is 1.88 bits per heavy atom. The third-order valence-corrected chi connectivity index (χ3v) is 4.06. The molecule has 0 atom stereocenters. The lowest BCUT2D eigenvalue weighted by Gasteiger charge is -2.19. The second-order valence-corrected chi connectivity index (χ2v) is 6.17. The van der Waals surface area contributed by atoms with Crippen molar-refractivity contribution in [3.8, 4) is 17.6 Å². The molecule has 26 heavy (non-hydrogen) atoms. The van der Waals surface area contributed by atoms with Gasteiger partial charge in [0.1, 0.15) is 0 Å². The lowest BCUT2D eigenvalue weighted by molar-refractivity contribution is -0.132. The summed E-state index contributed by atoms with van der Waals surface area (Å²) in [6.07, 6.45) is 0. The molecule has 1 amide bonds.